The Labute approximate surface area is 121 Å². The Bertz CT molecular complexity index is 595. The topological polar surface area (TPSA) is 78.4 Å². The van der Waals surface area contributed by atoms with Gasteiger partial charge in [0.2, 0.25) is 0 Å². The van der Waals surface area contributed by atoms with E-state index in [1.54, 1.807) is 0 Å². The summed E-state index contributed by atoms with van der Waals surface area (Å²) in [5.41, 5.74) is 0.0747. The van der Waals surface area contributed by atoms with Crippen LogP contribution in [0.15, 0.2) is 18.2 Å². The number of aromatic carboxylic acids is 1. The number of anilines is 1. The fourth-order valence-corrected chi connectivity index (χ4v) is 2.76. The highest BCUT2D eigenvalue weighted by Gasteiger charge is 2.53. The van der Waals surface area contributed by atoms with Crippen LogP contribution in [0.2, 0.25) is 0 Å². The molecule has 1 aromatic rings. The second-order valence-corrected chi connectivity index (χ2v) is 5.94. The summed E-state index contributed by atoms with van der Waals surface area (Å²) in [6.07, 6.45) is 4.75. The van der Waals surface area contributed by atoms with Gasteiger partial charge in [-0.15, -0.1) is 0 Å². The van der Waals surface area contributed by atoms with Crippen LogP contribution >= 0.6 is 0 Å². The molecule has 2 saturated carbocycles. The number of hydrogen-bond donors (Lipinski definition) is 3. The Kier molecular flexibility index (Phi) is 3.31. The zero-order chi connectivity index (χ0) is 15.0. The van der Waals surface area contributed by atoms with Gasteiger partial charge in [-0.2, -0.15) is 0 Å². The lowest BCUT2D eigenvalue weighted by Crippen LogP contribution is -2.34. The average molecular weight is 292 g/mol. The first-order valence-electron chi connectivity index (χ1n) is 7.08. The van der Waals surface area contributed by atoms with Crippen LogP contribution in [0.4, 0.5) is 14.9 Å². The maximum atomic E-state index is 13.6. The number of amides is 2. The van der Waals surface area contributed by atoms with Crippen LogP contribution < -0.4 is 10.6 Å². The Morgan fingerprint density at radius 2 is 2.05 bits per heavy atom. The molecule has 0 atom stereocenters. The second-order valence-electron chi connectivity index (χ2n) is 5.94. The SMILES string of the molecule is O=C(NCC1(C2CC2)CC1)Nc1cc(C(=O)O)ccc1F. The third-order valence-corrected chi connectivity index (χ3v) is 4.40. The third kappa shape index (κ3) is 2.99. The lowest BCUT2D eigenvalue weighted by Gasteiger charge is -2.15. The van der Waals surface area contributed by atoms with Crippen molar-refractivity contribution >= 4 is 17.7 Å². The lowest BCUT2D eigenvalue weighted by atomic mass is 10.0. The number of nitrogens with one attached hydrogen (secondary N) is 2. The van der Waals surface area contributed by atoms with E-state index in [4.69, 9.17) is 5.11 Å². The van der Waals surface area contributed by atoms with Gasteiger partial charge in [0, 0.05) is 6.54 Å². The molecule has 3 rings (SSSR count). The summed E-state index contributed by atoms with van der Waals surface area (Å²) < 4.78 is 13.6. The lowest BCUT2D eigenvalue weighted by molar-refractivity contribution is 0.0697. The van der Waals surface area contributed by atoms with E-state index in [2.05, 4.69) is 10.6 Å². The van der Waals surface area contributed by atoms with Crippen molar-refractivity contribution in [1.29, 1.82) is 0 Å². The predicted molar refractivity (Wildman–Crippen MR) is 74.8 cm³/mol. The zero-order valence-electron chi connectivity index (χ0n) is 11.5. The maximum absolute atomic E-state index is 13.6. The van der Waals surface area contributed by atoms with Crippen molar-refractivity contribution in [2.45, 2.75) is 25.7 Å². The smallest absolute Gasteiger partial charge is 0.335 e. The van der Waals surface area contributed by atoms with Crippen LogP contribution in [-0.2, 0) is 0 Å². The standard InChI is InChI=1S/C15H17FN2O3/c16-11-4-1-9(13(19)20)7-12(11)18-14(21)17-8-15(5-6-15)10-2-3-10/h1,4,7,10H,2-3,5-6,8H2,(H,19,20)(H2,17,18,21). The number of carboxylic acids is 1. The second kappa shape index (κ2) is 5.02. The van der Waals surface area contributed by atoms with Crippen LogP contribution in [0.1, 0.15) is 36.0 Å². The Morgan fingerprint density at radius 3 is 2.62 bits per heavy atom. The maximum Gasteiger partial charge on any atom is 0.335 e. The molecular weight excluding hydrogens is 275 g/mol. The van der Waals surface area contributed by atoms with Gasteiger partial charge in [-0.25, -0.2) is 14.0 Å². The van der Waals surface area contributed by atoms with Crippen molar-refractivity contribution < 1.29 is 19.1 Å². The van der Waals surface area contributed by atoms with E-state index in [1.807, 2.05) is 0 Å². The van der Waals surface area contributed by atoms with Gasteiger partial charge in [0.1, 0.15) is 5.82 Å². The van der Waals surface area contributed by atoms with Gasteiger partial charge < -0.3 is 15.7 Å². The van der Waals surface area contributed by atoms with Crippen LogP contribution in [0.3, 0.4) is 0 Å². The van der Waals surface area contributed by atoms with Crippen molar-refractivity contribution in [1.82, 2.24) is 5.32 Å². The van der Waals surface area contributed by atoms with Gasteiger partial charge in [0.05, 0.1) is 11.3 Å². The first-order valence-corrected chi connectivity index (χ1v) is 7.08. The van der Waals surface area contributed by atoms with E-state index >= 15 is 0 Å². The number of halogens is 1. The molecule has 2 fully saturated rings. The highest BCUT2D eigenvalue weighted by Crippen LogP contribution is 2.60. The number of carbonyl (C=O) groups is 2. The van der Waals surface area contributed by atoms with Crippen LogP contribution in [0, 0.1) is 17.2 Å². The van der Waals surface area contributed by atoms with E-state index < -0.39 is 17.8 Å². The Hall–Kier alpha value is -2.11. The van der Waals surface area contributed by atoms with Crippen molar-refractivity contribution in [2.24, 2.45) is 11.3 Å². The number of rotatable bonds is 5. The van der Waals surface area contributed by atoms with Crippen LogP contribution in [-0.4, -0.2) is 23.7 Å². The summed E-state index contributed by atoms with van der Waals surface area (Å²) in [7, 11) is 0. The molecule has 0 radical (unpaired) electrons. The molecule has 5 nitrogen and oxygen atoms in total. The molecule has 2 amide bonds. The van der Waals surface area contributed by atoms with Crippen molar-refractivity contribution in [3.8, 4) is 0 Å². The molecule has 0 bridgehead atoms. The Balaban J connectivity index is 1.59. The molecule has 0 spiro atoms. The monoisotopic (exact) mass is 292 g/mol. The predicted octanol–water partition coefficient (Wildman–Crippen LogP) is 2.84. The molecule has 2 aliphatic carbocycles. The van der Waals surface area contributed by atoms with Gasteiger partial charge >= 0.3 is 12.0 Å². The third-order valence-electron chi connectivity index (χ3n) is 4.40. The number of benzene rings is 1. The first kappa shape index (κ1) is 13.9. The van der Waals surface area contributed by atoms with E-state index in [-0.39, 0.29) is 16.7 Å². The van der Waals surface area contributed by atoms with Gasteiger partial charge in [-0.1, -0.05) is 0 Å². The minimum atomic E-state index is -1.16. The van der Waals surface area contributed by atoms with E-state index in [9.17, 15) is 14.0 Å². The van der Waals surface area contributed by atoms with Crippen molar-refractivity contribution in [3.63, 3.8) is 0 Å². The number of urea groups is 1. The van der Waals surface area contributed by atoms with Crippen molar-refractivity contribution in [2.75, 3.05) is 11.9 Å². The quantitative estimate of drug-likeness (QED) is 0.781. The fraction of sp³-hybridized carbons (Fsp3) is 0.467. The molecule has 2 aliphatic rings. The molecule has 112 valence electrons. The van der Waals surface area contributed by atoms with Crippen LogP contribution in [0.25, 0.3) is 0 Å². The summed E-state index contributed by atoms with van der Waals surface area (Å²) in [5.74, 6) is -1.09. The minimum Gasteiger partial charge on any atom is -0.478 e. The molecule has 0 saturated heterocycles. The molecule has 6 heteroatoms. The molecule has 0 unspecified atom stereocenters. The molecular formula is C15H17FN2O3. The number of carbonyl (C=O) groups excluding carboxylic acids is 1. The van der Waals surface area contributed by atoms with Gasteiger partial charge in [-0.3, -0.25) is 0 Å². The van der Waals surface area contributed by atoms with Gasteiger partial charge in [0.25, 0.3) is 0 Å². The Morgan fingerprint density at radius 1 is 1.33 bits per heavy atom. The molecule has 0 aromatic heterocycles. The highest BCUT2D eigenvalue weighted by atomic mass is 19.1. The number of carboxylic acid groups (broad SMARTS) is 1. The average Bonchev–Trinajstić information content (AvgIpc) is 3.31. The summed E-state index contributed by atoms with van der Waals surface area (Å²) in [4.78, 5) is 22.7. The largest absolute Gasteiger partial charge is 0.478 e. The normalized spacial score (nSPS) is 18.9. The first-order chi connectivity index (χ1) is 10.00. The number of hydrogen-bond acceptors (Lipinski definition) is 2. The molecule has 1 aromatic carbocycles. The summed E-state index contributed by atoms with van der Waals surface area (Å²) >= 11 is 0. The van der Waals surface area contributed by atoms with E-state index in [0.29, 0.717) is 6.54 Å². The van der Waals surface area contributed by atoms with Gasteiger partial charge in [-0.05, 0) is 55.2 Å². The van der Waals surface area contributed by atoms with Crippen molar-refractivity contribution in [3.05, 3.63) is 29.6 Å². The summed E-state index contributed by atoms with van der Waals surface area (Å²) in [6, 6.07) is 2.81. The van der Waals surface area contributed by atoms with Gasteiger partial charge in [0.15, 0.2) is 0 Å². The zero-order valence-corrected chi connectivity index (χ0v) is 11.5. The summed E-state index contributed by atoms with van der Waals surface area (Å²) in [6.45, 7) is 0.601. The van der Waals surface area contributed by atoms with E-state index in [0.717, 1.165) is 37.0 Å². The molecule has 3 N–H and O–H groups in total. The fourth-order valence-electron chi connectivity index (χ4n) is 2.76. The van der Waals surface area contributed by atoms with E-state index in [1.165, 1.54) is 12.8 Å². The summed E-state index contributed by atoms with van der Waals surface area (Å²) in [5, 5.41) is 14.0. The molecule has 21 heavy (non-hydrogen) atoms. The molecule has 0 aliphatic heterocycles. The molecule has 0 heterocycles. The minimum absolute atomic E-state index is 0.0663. The van der Waals surface area contributed by atoms with Crippen LogP contribution in [0.5, 0.6) is 0 Å². The highest BCUT2D eigenvalue weighted by molar-refractivity contribution is 5.93.